The highest BCUT2D eigenvalue weighted by molar-refractivity contribution is 5.88. The molecule has 0 saturated carbocycles. The Labute approximate surface area is 183 Å². The van der Waals surface area contributed by atoms with Crippen LogP contribution in [-0.2, 0) is 12.8 Å². The summed E-state index contributed by atoms with van der Waals surface area (Å²) in [4.78, 5) is 16.7. The summed E-state index contributed by atoms with van der Waals surface area (Å²) in [7, 11) is 0. The number of aromatic nitrogens is 1. The maximum Gasteiger partial charge on any atom is 0.362 e. The molecule has 164 valence electrons. The molecule has 0 spiro atoms. The van der Waals surface area contributed by atoms with E-state index in [0.29, 0.717) is 17.4 Å². The first-order valence-corrected chi connectivity index (χ1v) is 11.9. The van der Waals surface area contributed by atoms with Crippen molar-refractivity contribution in [1.82, 2.24) is 4.98 Å². The lowest BCUT2D eigenvalue weighted by Crippen LogP contribution is -2.10. The van der Waals surface area contributed by atoms with Crippen molar-refractivity contribution in [2.75, 3.05) is 0 Å². The van der Waals surface area contributed by atoms with Gasteiger partial charge in [-0.1, -0.05) is 90.3 Å². The van der Waals surface area contributed by atoms with E-state index in [2.05, 4.69) is 25.8 Å². The molecule has 2 aromatic rings. The van der Waals surface area contributed by atoms with E-state index in [9.17, 15) is 4.79 Å². The molecule has 1 unspecified atom stereocenters. The van der Waals surface area contributed by atoms with Crippen LogP contribution in [0.4, 0.5) is 0 Å². The fraction of sp³-hybridized carbons (Fsp3) is 0.556. The first-order valence-electron chi connectivity index (χ1n) is 11.9. The van der Waals surface area contributed by atoms with Crippen molar-refractivity contribution < 1.29 is 9.53 Å². The quantitative estimate of drug-likeness (QED) is 0.183. The second kappa shape index (κ2) is 14.0. The minimum absolute atomic E-state index is 0.360. The van der Waals surface area contributed by atoms with Crippen molar-refractivity contribution in [3.63, 3.8) is 0 Å². The number of nitrogens with zero attached hydrogens (tertiary/aromatic N) is 1. The van der Waals surface area contributed by atoms with Gasteiger partial charge in [0.1, 0.15) is 11.4 Å². The van der Waals surface area contributed by atoms with Gasteiger partial charge in [0, 0.05) is 6.20 Å². The summed E-state index contributed by atoms with van der Waals surface area (Å²) in [6.07, 6.45) is 15.6. The van der Waals surface area contributed by atoms with E-state index < -0.39 is 5.97 Å². The highest BCUT2D eigenvalue weighted by atomic mass is 16.5. The van der Waals surface area contributed by atoms with Crippen LogP contribution in [-0.4, -0.2) is 11.0 Å². The van der Waals surface area contributed by atoms with Crippen molar-refractivity contribution in [2.45, 2.75) is 91.4 Å². The third-order valence-electron chi connectivity index (χ3n) is 5.77. The number of esters is 1. The van der Waals surface area contributed by atoms with Crippen LogP contribution in [0, 0.1) is 5.92 Å². The van der Waals surface area contributed by atoms with Crippen LogP contribution < -0.4 is 4.74 Å². The molecule has 0 aliphatic heterocycles. The zero-order chi connectivity index (χ0) is 21.6. The summed E-state index contributed by atoms with van der Waals surface area (Å²) in [6.45, 7) is 6.71. The van der Waals surface area contributed by atoms with E-state index >= 15 is 0 Å². The number of carbonyl (C=O) groups is 1. The van der Waals surface area contributed by atoms with Gasteiger partial charge in [-0.2, -0.15) is 0 Å². The summed E-state index contributed by atoms with van der Waals surface area (Å²) in [5, 5.41) is 0. The van der Waals surface area contributed by atoms with E-state index in [1.807, 2.05) is 36.5 Å². The van der Waals surface area contributed by atoms with Gasteiger partial charge in [-0.05, 0) is 54.5 Å². The average molecular weight is 410 g/mol. The Bertz CT molecular complexity index is 722. The number of carbonyl (C=O) groups excluding carboxylic acids is 1. The first-order chi connectivity index (χ1) is 14.6. The number of ether oxygens (including phenoxy) is 1. The molecule has 0 amide bonds. The van der Waals surface area contributed by atoms with Gasteiger partial charge in [-0.25, -0.2) is 9.78 Å². The smallest absolute Gasteiger partial charge is 0.362 e. The molecule has 0 bridgehead atoms. The lowest BCUT2D eigenvalue weighted by atomic mass is 9.99. The molecule has 2 rings (SSSR count). The lowest BCUT2D eigenvalue weighted by molar-refractivity contribution is 0.0728. The first kappa shape index (κ1) is 24.1. The summed E-state index contributed by atoms with van der Waals surface area (Å²) in [6, 6.07) is 11.6. The topological polar surface area (TPSA) is 39.2 Å². The van der Waals surface area contributed by atoms with E-state index in [1.165, 1.54) is 62.5 Å². The molecule has 3 nitrogen and oxygen atoms in total. The summed E-state index contributed by atoms with van der Waals surface area (Å²) in [5.41, 5.74) is 2.82. The third-order valence-corrected chi connectivity index (χ3v) is 5.77. The highest BCUT2D eigenvalue weighted by Crippen LogP contribution is 2.18. The van der Waals surface area contributed by atoms with Gasteiger partial charge < -0.3 is 4.74 Å². The molecular formula is C27H39NO2. The standard InChI is InChI=1S/C27H39NO2/c1-4-6-7-8-9-10-11-12-13-24-16-19-26(28-21-24)27(29)30-25-17-14-23(15-18-25)20-22(3)5-2/h14-19,21-22H,4-13,20H2,1-3H3. The Morgan fingerprint density at radius 3 is 2.10 bits per heavy atom. The van der Waals surface area contributed by atoms with Crippen LogP contribution in [0.2, 0.25) is 0 Å². The molecule has 0 fully saturated rings. The van der Waals surface area contributed by atoms with E-state index in [0.717, 1.165) is 19.3 Å². The van der Waals surface area contributed by atoms with E-state index in [-0.39, 0.29) is 0 Å². The fourth-order valence-electron chi connectivity index (χ4n) is 3.56. The number of hydrogen-bond donors (Lipinski definition) is 0. The maximum atomic E-state index is 12.4. The SMILES string of the molecule is CCCCCCCCCCc1ccc(C(=O)Oc2ccc(CC(C)CC)cc2)nc1. The van der Waals surface area contributed by atoms with E-state index in [1.54, 1.807) is 6.07 Å². The normalized spacial score (nSPS) is 12.0. The molecule has 1 heterocycles. The second-order valence-corrected chi connectivity index (χ2v) is 8.53. The van der Waals surface area contributed by atoms with Crippen LogP contribution in [0.25, 0.3) is 0 Å². The predicted octanol–water partition coefficient (Wildman–Crippen LogP) is 7.57. The Kier molecular flexibility index (Phi) is 11.2. The summed E-state index contributed by atoms with van der Waals surface area (Å²) >= 11 is 0. The lowest BCUT2D eigenvalue weighted by Gasteiger charge is -2.09. The fourth-order valence-corrected chi connectivity index (χ4v) is 3.56. The molecule has 0 saturated heterocycles. The van der Waals surface area contributed by atoms with Crippen molar-refractivity contribution in [3.05, 3.63) is 59.4 Å². The van der Waals surface area contributed by atoms with Crippen molar-refractivity contribution in [2.24, 2.45) is 5.92 Å². The zero-order valence-corrected chi connectivity index (χ0v) is 19.2. The van der Waals surface area contributed by atoms with Crippen molar-refractivity contribution in [1.29, 1.82) is 0 Å². The average Bonchev–Trinajstić information content (AvgIpc) is 2.77. The van der Waals surface area contributed by atoms with Gasteiger partial charge in [0.25, 0.3) is 0 Å². The molecule has 1 aromatic heterocycles. The second-order valence-electron chi connectivity index (χ2n) is 8.53. The Morgan fingerprint density at radius 2 is 1.50 bits per heavy atom. The molecule has 1 aromatic carbocycles. The molecule has 3 heteroatoms. The number of unbranched alkanes of at least 4 members (excludes halogenated alkanes) is 7. The Balaban J connectivity index is 1.71. The van der Waals surface area contributed by atoms with Crippen LogP contribution in [0.5, 0.6) is 5.75 Å². The van der Waals surface area contributed by atoms with Crippen LogP contribution in [0.15, 0.2) is 42.6 Å². The van der Waals surface area contributed by atoms with E-state index in [4.69, 9.17) is 4.74 Å². The highest BCUT2D eigenvalue weighted by Gasteiger charge is 2.10. The minimum atomic E-state index is -0.400. The van der Waals surface area contributed by atoms with Gasteiger partial charge >= 0.3 is 5.97 Å². The van der Waals surface area contributed by atoms with Crippen LogP contribution >= 0.6 is 0 Å². The monoisotopic (exact) mass is 409 g/mol. The minimum Gasteiger partial charge on any atom is -0.422 e. The van der Waals surface area contributed by atoms with Crippen molar-refractivity contribution >= 4 is 5.97 Å². The van der Waals surface area contributed by atoms with Crippen LogP contribution in [0.3, 0.4) is 0 Å². The Hall–Kier alpha value is -2.16. The van der Waals surface area contributed by atoms with Gasteiger partial charge in [0.05, 0.1) is 0 Å². The number of hydrogen-bond acceptors (Lipinski definition) is 3. The molecule has 0 aliphatic rings. The number of rotatable bonds is 14. The maximum absolute atomic E-state index is 12.4. The molecule has 0 aliphatic carbocycles. The summed E-state index contributed by atoms with van der Waals surface area (Å²) in [5.74, 6) is 0.827. The van der Waals surface area contributed by atoms with Gasteiger partial charge in [0.2, 0.25) is 0 Å². The third kappa shape index (κ3) is 9.11. The number of aryl methyl sites for hydroxylation is 1. The van der Waals surface area contributed by atoms with Gasteiger partial charge in [-0.3, -0.25) is 0 Å². The van der Waals surface area contributed by atoms with Gasteiger partial charge in [-0.15, -0.1) is 0 Å². The predicted molar refractivity (Wildman–Crippen MR) is 125 cm³/mol. The Morgan fingerprint density at radius 1 is 0.867 bits per heavy atom. The zero-order valence-electron chi connectivity index (χ0n) is 19.2. The van der Waals surface area contributed by atoms with Crippen LogP contribution in [0.1, 0.15) is 100 Å². The molecule has 0 radical (unpaired) electrons. The summed E-state index contributed by atoms with van der Waals surface area (Å²) < 4.78 is 5.48. The molecule has 1 atom stereocenters. The van der Waals surface area contributed by atoms with Gasteiger partial charge in [0.15, 0.2) is 0 Å². The van der Waals surface area contributed by atoms with Crippen molar-refractivity contribution in [3.8, 4) is 5.75 Å². The molecule has 0 N–H and O–H groups in total. The number of pyridine rings is 1. The largest absolute Gasteiger partial charge is 0.422 e. The molecule has 30 heavy (non-hydrogen) atoms. The molecular weight excluding hydrogens is 370 g/mol. The number of benzene rings is 1.